The topological polar surface area (TPSA) is 41.1 Å². The molecule has 0 radical (unpaired) electrons. The summed E-state index contributed by atoms with van der Waals surface area (Å²) in [4.78, 5) is 19.1. The van der Waals surface area contributed by atoms with Crippen molar-refractivity contribution in [2.24, 2.45) is 0 Å². The number of nitrogens with one attached hydrogen (secondary N) is 2. The van der Waals surface area contributed by atoms with Crippen LogP contribution in [-0.4, -0.2) is 25.4 Å². The predicted octanol–water partition coefficient (Wildman–Crippen LogP) is 4.95. The Labute approximate surface area is 207 Å². The van der Waals surface area contributed by atoms with Gasteiger partial charge in [-0.3, -0.25) is 4.79 Å². The second kappa shape index (κ2) is 12.7. The Morgan fingerprint density at radius 3 is 1.03 bits per heavy atom. The van der Waals surface area contributed by atoms with Gasteiger partial charge in [0.2, 0.25) is 0 Å². The first-order chi connectivity index (χ1) is 16.8. The molecular formula is C29H32N2OSi2. The van der Waals surface area contributed by atoms with E-state index in [9.17, 15) is 4.79 Å². The van der Waals surface area contributed by atoms with Crippen molar-refractivity contribution in [3.05, 3.63) is 144 Å². The fourth-order valence-corrected chi connectivity index (χ4v) is 7.67. The first-order valence-corrected chi connectivity index (χ1v) is 15.4. The number of benzene rings is 4. The van der Waals surface area contributed by atoms with Gasteiger partial charge in [0.25, 0.3) is 6.03 Å². The zero-order valence-electron chi connectivity index (χ0n) is 19.4. The zero-order valence-corrected chi connectivity index (χ0v) is 22.3. The predicted molar refractivity (Wildman–Crippen MR) is 148 cm³/mol. The van der Waals surface area contributed by atoms with Gasteiger partial charge < -0.3 is 9.96 Å². The van der Waals surface area contributed by atoms with E-state index in [1.807, 2.05) is 0 Å². The summed E-state index contributed by atoms with van der Waals surface area (Å²) >= 11 is 0. The van der Waals surface area contributed by atoms with Crippen molar-refractivity contribution in [1.82, 2.24) is 9.96 Å². The first-order valence-electron chi connectivity index (χ1n) is 12.0. The molecule has 2 amide bonds. The third kappa shape index (κ3) is 6.79. The monoisotopic (exact) mass is 480 g/mol. The Hall–Kier alpha value is -3.42. The van der Waals surface area contributed by atoms with E-state index in [0.717, 1.165) is 12.1 Å². The highest BCUT2D eigenvalue weighted by Gasteiger charge is 2.16. The molecule has 4 aromatic rings. The fourth-order valence-electron chi connectivity index (χ4n) is 4.52. The first kappa shape index (κ1) is 23.7. The molecule has 0 aliphatic rings. The highest BCUT2D eigenvalue weighted by Crippen LogP contribution is 2.28. The summed E-state index contributed by atoms with van der Waals surface area (Å²) in [5.74, 6) is 0.652. The average Bonchev–Trinajstić information content (AvgIpc) is 2.91. The number of carbonyl (C=O) groups is 1. The number of hydrogen-bond donors (Lipinski definition) is 2. The number of amides is 2. The lowest BCUT2D eigenvalue weighted by atomic mass is 9.93. The van der Waals surface area contributed by atoms with E-state index in [1.165, 1.54) is 22.3 Å². The highest BCUT2D eigenvalue weighted by molar-refractivity contribution is 6.42. The van der Waals surface area contributed by atoms with Crippen LogP contribution in [0.1, 0.15) is 34.1 Å². The van der Waals surface area contributed by atoms with Crippen LogP contribution < -0.4 is 9.96 Å². The lowest BCUT2D eigenvalue weighted by Crippen LogP contribution is -2.40. The van der Waals surface area contributed by atoms with E-state index in [4.69, 9.17) is 0 Å². The molecule has 0 atom stereocenters. The molecule has 0 saturated carbocycles. The Morgan fingerprint density at radius 1 is 0.500 bits per heavy atom. The molecule has 3 nitrogen and oxygen atoms in total. The Kier molecular flexibility index (Phi) is 8.88. The van der Waals surface area contributed by atoms with E-state index in [2.05, 4.69) is 131 Å². The van der Waals surface area contributed by atoms with Crippen molar-refractivity contribution in [3.8, 4) is 0 Å². The maximum absolute atomic E-state index is 12.6. The number of hydrogen-bond acceptors (Lipinski definition) is 1. The minimum atomic E-state index is -0.760. The maximum Gasteiger partial charge on any atom is 0.298 e. The minimum absolute atomic E-state index is 0.0121. The molecule has 172 valence electrons. The summed E-state index contributed by atoms with van der Waals surface area (Å²) in [7, 11) is -1.52. The van der Waals surface area contributed by atoms with E-state index >= 15 is 0 Å². The Bertz CT molecular complexity index is 956. The fraction of sp³-hybridized carbons (Fsp3) is 0.138. The maximum atomic E-state index is 12.6. The van der Waals surface area contributed by atoms with Crippen molar-refractivity contribution < 1.29 is 4.79 Å². The van der Waals surface area contributed by atoms with Crippen LogP contribution in [-0.2, 0) is 0 Å². The number of rotatable bonds is 10. The molecule has 2 N–H and O–H groups in total. The summed E-state index contributed by atoms with van der Waals surface area (Å²) in [6.45, 7) is 0. The summed E-state index contributed by atoms with van der Waals surface area (Å²) in [6, 6.07) is 44.5. The molecule has 34 heavy (non-hydrogen) atoms. The van der Waals surface area contributed by atoms with Crippen molar-refractivity contribution in [2.75, 3.05) is 0 Å². The summed E-state index contributed by atoms with van der Waals surface area (Å²) in [5, 5.41) is 0. The second-order valence-electron chi connectivity index (χ2n) is 8.51. The third-order valence-electron chi connectivity index (χ3n) is 6.24. The van der Waals surface area contributed by atoms with Gasteiger partial charge >= 0.3 is 0 Å². The largest absolute Gasteiger partial charge is 0.371 e. The Balaban J connectivity index is 1.30. The van der Waals surface area contributed by atoms with E-state index in [-0.39, 0.29) is 6.03 Å². The SMILES string of the molecule is O=C(N[SiH2]CC(c1ccccc1)c1ccccc1)N[SiH2]CC(c1ccccc1)c1ccccc1. The van der Waals surface area contributed by atoms with Gasteiger partial charge in [0.1, 0.15) is 19.4 Å². The van der Waals surface area contributed by atoms with Crippen LogP contribution in [0.25, 0.3) is 0 Å². The van der Waals surface area contributed by atoms with Crippen LogP contribution in [0.2, 0.25) is 12.1 Å². The van der Waals surface area contributed by atoms with Crippen molar-refractivity contribution >= 4 is 25.4 Å². The molecule has 4 aromatic carbocycles. The molecule has 0 bridgehead atoms. The van der Waals surface area contributed by atoms with Crippen LogP contribution in [0.15, 0.2) is 121 Å². The normalized spacial score (nSPS) is 11.6. The molecule has 0 aliphatic heterocycles. The molecule has 0 fully saturated rings. The molecule has 0 spiro atoms. The molecule has 0 saturated heterocycles. The molecule has 0 unspecified atom stereocenters. The zero-order chi connectivity index (χ0) is 23.4. The van der Waals surface area contributed by atoms with Gasteiger partial charge in [-0.25, -0.2) is 0 Å². The average molecular weight is 481 g/mol. The summed E-state index contributed by atoms with van der Waals surface area (Å²) in [5.41, 5.74) is 5.25. The smallest absolute Gasteiger partial charge is 0.298 e. The van der Waals surface area contributed by atoms with E-state index in [0.29, 0.717) is 11.8 Å². The van der Waals surface area contributed by atoms with Gasteiger partial charge in [0, 0.05) is 11.8 Å². The quantitative estimate of drug-likeness (QED) is 0.310. The molecule has 4 rings (SSSR count). The van der Waals surface area contributed by atoms with Gasteiger partial charge in [-0.15, -0.1) is 0 Å². The lowest BCUT2D eigenvalue weighted by molar-refractivity contribution is 0.250. The number of carbonyl (C=O) groups excluding carboxylic acids is 1. The van der Waals surface area contributed by atoms with E-state index in [1.54, 1.807) is 0 Å². The third-order valence-corrected chi connectivity index (χ3v) is 9.12. The van der Waals surface area contributed by atoms with Crippen LogP contribution in [0.5, 0.6) is 0 Å². The van der Waals surface area contributed by atoms with E-state index < -0.39 is 19.4 Å². The molecule has 5 heteroatoms. The van der Waals surface area contributed by atoms with Gasteiger partial charge in [-0.1, -0.05) is 121 Å². The van der Waals surface area contributed by atoms with Gasteiger partial charge in [0.15, 0.2) is 0 Å². The van der Waals surface area contributed by atoms with Gasteiger partial charge in [0.05, 0.1) is 0 Å². The summed E-state index contributed by atoms with van der Waals surface area (Å²) < 4.78 is 0. The minimum Gasteiger partial charge on any atom is -0.371 e. The molecule has 0 aliphatic carbocycles. The Morgan fingerprint density at radius 2 is 0.765 bits per heavy atom. The molecular weight excluding hydrogens is 449 g/mol. The van der Waals surface area contributed by atoms with Crippen LogP contribution in [0.4, 0.5) is 4.79 Å². The lowest BCUT2D eigenvalue weighted by Gasteiger charge is -2.19. The van der Waals surface area contributed by atoms with Crippen LogP contribution in [0, 0.1) is 0 Å². The van der Waals surface area contributed by atoms with Crippen molar-refractivity contribution in [2.45, 2.75) is 23.9 Å². The van der Waals surface area contributed by atoms with Crippen molar-refractivity contribution in [1.29, 1.82) is 0 Å². The van der Waals surface area contributed by atoms with Crippen LogP contribution in [0.3, 0.4) is 0 Å². The molecule has 0 heterocycles. The van der Waals surface area contributed by atoms with Crippen LogP contribution >= 0.6 is 0 Å². The standard InChI is InChI=1S/C29H32N2OSi2/c32-29(30-33-21-27(23-13-5-1-6-14-23)24-15-7-2-8-16-24)31-34-22-28(25-17-9-3-10-18-25)26-19-11-4-12-20-26/h1-20,27-28H,21-22,33-34H2,(H2,30,31,32). The highest BCUT2D eigenvalue weighted by atomic mass is 28.2. The second-order valence-corrected chi connectivity index (χ2v) is 11.4. The van der Waals surface area contributed by atoms with Gasteiger partial charge in [-0.05, 0) is 34.3 Å². The van der Waals surface area contributed by atoms with Gasteiger partial charge in [-0.2, -0.15) is 0 Å². The summed E-state index contributed by atoms with van der Waals surface area (Å²) in [6.07, 6.45) is 0. The number of urea groups is 1. The molecule has 0 aromatic heterocycles. The van der Waals surface area contributed by atoms with Crippen molar-refractivity contribution in [3.63, 3.8) is 0 Å².